The number of fused-ring (bicyclic) bond motifs is 1. The molecule has 0 atom stereocenters. The first-order valence-electron chi connectivity index (χ1n) is 8.01. The van der Waals surface area contributed by atoms with Crippen LogP contribution in [0.4, 0.5) is 5.13 Å². The zero-order valence-electron chi connectivity index (χ0n) is 14.0. The normalized spacial score (nSPS) is 11.0. The van der Waals surface area contributed by atoms with Crippen molar-refractivity contribution in [3.8, 4) is 10.6 Å². The molecule has 4 aromatic rings. The molecular weight excluding hydrogens is 368 g/mol. The van der Waals surface area contributed by atoms with Gasteiger partial charge in [-0.25, -0.2) is 9.97 Å². The first kappa shape index (κ1) is 16.7. The molecular formula is C17H16N6OS2. The molecule has 3 heterocycles. The Morgan fingerprint density at radius 2 is 2.12 bits per heavy atom. The van der Waals surface area contributed by atoms with E-state index in [-0.39, 0.29) is 5.91 Å². The number of hydrogen-bond donors (Lipinski definition) is 2. The first-order valence-corrected chi connectivity index (χ1v) is 9.71. The van der Waals surface area contributed by atoms with Crippen LogP contribution in [-0.2, 0) is 7.05 Å². The van der Waals surface area contributed by atoms with Crippen LogP contribution in [0.15, 0.2) is 42.0 Å². The van der Waals surface area contributed by atoms with Crippen molar-refractivity contribution in [2.45, 2.75) is 0 Å². The molecule has 0 aliphatic heterocycles. The molecule has 4 rings (SSSR count). The van der Waals surface area contributed by atoms with E-state index in [2.05, 4.69) is 25.7 Å². The third-order valence-corrected chi connectivity index (χ3v) is 5.55. The van der Waals surface area contributed by atoms with Gasteiger partial charge >= 0.3 is 0 Å². The highest BCUT2D eigenvalue weighted by molar-refractivity contribution is 7.22. The molecule has 132 valence electrons. The molecule has 1 aromatic carbocycles. The zero-order chi connectivity index (χ0) is 17.9. The lowest BCUT2D eigenvalue weighted by atomic mass is 10.3. The summed E-state index contributed by atoms with van der Waals surface area (Å²) in [6.07, 6.45) is 3.62. The van der Waals surface area contributed by atoms with Gasteiger partial charge in [-0.3, -0.25) is 9.48 Å². The highest BCUT2D eigenvalue weighted by Gasteiger charge is 2.12. The van der Waals surface area contributed by atoms with Crippen molar-refractivity contribution in [1.82, 2.24) is 25.1 Å². The number of carbonyl (C=O) groups excluding carboxylic acids is 1. The molecule has 9 heteroatoms. The lowest BCUT2D eigenvalue weighted by molar-refractivity contribution is 0.0951. The van der Waals surface area contributed by atoms with E-state index in [1.54, 1.807) is 27.6 Å². The van der Waals surface area contributed by atoms with E-state index >= 15 is 0 Å². The van der Waals surface area contributed by atoms with E-state index in [9.17, 15) is 4.79 Å². The number of benzene rings is 1. The summed E-state index contributed by atoms with van der Waals surface area (Å²) in [5, 5.41) is 13.6. The molecule has 2 N–H and O–H groups in total. The zero-order valence-corrected chi connectivity index (χ0v) is 15.6. The summed E-state index contributed by atoms with van der Waals surface area (Å²) in [5.41, 5.74) is 2.32. The monoisotopic (exact) mass is 384 g/mol. The molecule has 0 bridgehead atoms. The van der Waals surface area contributed by atoms with Gasteiger partial charge in [0.2, 0.25) is 0 Å². The van der Waals surface area contributed by atoms with Crippen LogP contribution in [0.2, 0.25) is 0 Å². The molecule has 7 nitrogen and oxygen atoms in total. The number of anilines is 1. The Morgan fingerprint density at radius 3 is 2.92 bits per heavy atom. The van der Waals surface area contributed by atoms with Gasteiger partial charge in [-0.1, -0.05) is 23.5 Å². The average Bonchev–Trinajstić information content (AvgIpc) is 3.36. The number of nitrogens with one attached hydrogen (secondary N) is 2. The minimum Gasteiger partial charge on any atom is -0.360 e. The Bertz CT molecular complexity index is 1020. The van der Waals surface area contributed by atoms with Gasteiger partial charge in [-0.15, -0.1) is 11.3 Å². The van der Waals surface area contributed by atoms with Crippen LogP contribution in [0.3, 0.4) is 0 Å². The van der Waals surface area contributed by atoms with Crippen molar-refractivity contribution in [3.63, 3.8) is 0 Å². The van der Waals surface area contributed by atoms with Crippen molar-refractivity contribution in [3.05, 3.63) is 47.7 Å². The lowest BCUT2D eigenvalue weighted by Gasteiger charge is -2.04. The number of carbonyl (C=O) groups is 1. The van der Waals surface area contributed by atoms with Gasteiger partial charge < -0.3 is 10.6 Å². The molecule has 0 aliphatic carbocycles. The van der Waals surface area contributed by atoms with Crippen molar-refractivity contribution < 1.29 is 4.79 Å². The second-order valence-electron chi connectivity index (χ2n) is 5.61. The number of amides is 1. The maximum absolute atomic E-state index is 12.2. The van der Waals surface area contributed by atoms with Crippen LogP contribution in [0.25, 0.3) is 20.8 Å². The fourth-order valence-corrected chi connectivity index (χ4v) is 4.09. The van der Waals surface area contributed by atoms with Crippen molar-refractivity contribution in [2.24, 2.45) is 7.05 Å². The number of rotatable bonds is 6. The Balaban J connectivity index is 1.29. The number of nitrogens with zero attached hydrogens (tertiary/aromatic N) is 4. The Hall–Kier alpha value is -2.78. The standard InChI is InChI=1S/C17H16N6OS2/c1-23-9-11(8-20-23)16-21-13(10-25-16)15(24)18-6-7-19-17-22-12-4-2-3-5-14(12)26-17/h2-5,8-10H,6-7H2,1H3,(H,18,24)(H,19,22). The van der Waals surface area contributed by atoms with Crippen LogP contribution in [-0.4, -0.2) is 38.7 Å². The summed E-state index contributed by atoms with van der Waals surface area (Å²) in [4.78, 5) is 21.1. The SMILES string of the molecule is Cn1cc(-c2nc(C(=O)NCCNc3nc4ccccc4s3)cs2)cn1. The van der Waals surface area contributed by atoms with Crippen LogP contribution < -0.4 is 10.6 Å². The molecule has 0 fully saturated rings. The van der Waals surface area contributed by atoms with Gasteiger partial charge in [0, 0.05) is 37.3 Å². The topological polar surface area (TPSA) is 84.7 Å². The van der Waals surface area contributed by atoms with E-state index < -0.39 is 0 Å². The maximum atomic E-state index is 12.2. The largest absolute Gasteiger partial charge is 0.360 e. The Kier molecular flexibility index (Phi) is 4.63. The predicted molar refractivity (Wildman–Crippen MR) is 105 cm³/mol. The number of thiazole rings is 2. The quantitative estimate of drug-likeness (QED) is 0.499. The van der Waals surface area contributed by atoms with Gasteiger partial charge in [0.15, 0.2) is 5.13 Å². The summed E-state index contributed by atoms with van der Waals surface area (Å²) in [7, 11) is 1.85. The Labute approximate surface area is 157 Å². The molecule has 0 saturated heterocycles. The fourth-order valence-electron chi connectivity index (χ4n) is 2.43. The fraction of sp³-hybridized carbons (Fsp3) is 0.176. The molecule has 0 radical (unpaired) electrons. The number of aryl methyl sites for hydroxylation is 1. The van der Waals surface area contributed by atoms with Crippen LogP contribution in [0.5, 0.6) is 0 Å². The van der Waals surface area contributed by atoms with Gasteiger partial charge in [0.25, 0.3) is 5.91 Å². The van der Waals surface area contributed by atoms with Crippen molar-refractivity contribution in [2.75, 3.05) is 18.4 Å². The number of aromatic nitrogens is 4. The minimum absolute atomic E-state index is 0.178. The molecule has 1 amide bonds. The lowest BCUT2D eigenvalue weighted by Crippen LogP contribution is -2.28. The minimum atomic E-state index is -0.178. The van der Waals surface area contributed by atoms with Crippen LogP contribution in [0.1, 0.15) is 10.5 Å². The van der Waals surface area contributed by atoms with E-state index in [0.29, 0.717) is 18.8 Å². The predicted octanol–water partition coefficient (Wildman–Crippen LogP) is 3.00. The van der Waals surface area contributed by atoms with E-state index in [1.807, 2.05) is 37.5 Å². The van der Waals surface area contributed by atoms with Crippen molar-refractivity contribution in [1.29, 1.82) is 0 Å². The van der Waals surface area contributed by atoms with E-state index in [1.165, 1.54) is 11.3 Å². The molecule has 3 aromatic heterocycles. The Morgan fingerprint density at radius 1 is 1.23 bits per heavy atom. The van der Waals surface area contributed by atoms with Gasteiger partial charge in [-0.2, -0.15) is 5.10 Å². The second-order valence-corrected chi connectivity index (χ2v) is 7.50. The molecule has 26 heavy (non-hydrogen) atoms. The average molecular weight is 384 g/mol. The highest BCUT2D eigenvalue weighted by Crippen LogP contribution is 2.25. The highest BCUT2D eigenvalue weighted by atomic mass is 32.1. The van der Waals surface area contributed by atoms with Gasteiger partial charge in [0.1, 0.15) is 10.7 Å². The molecule has 0 aliphatic rings. The molecule has 0 unspecified atom stereocenters. The summed E-state index contributed by atoms with van der Waals surface area (Å²) in [5.74, 6) is -0.178. The van der Waals surface area contributed by atoms with Crippen LogP contribution >= 0.6 is 22.7 Å². The number of para-hydroxylation sites is 1. The summed E-state index contributed by atoms with van der Waals surface area (Å²) >= 11 is 3.04. The third-order valence-electron chi connectivity index (χ3n) is 3.67. The second kappa shape index (κ2) is 7.22. The summed E-state index contributed by atoms with van der Waals surface area (Å²) < 4.78 is 2.86. The van der Waals surface area contributed by atoms with Crippen molar-refractivity contribution >= 4 is 43.9 Å². The van der Waals surface area contributed by atoms with Crippen LogP contribution in [0, 0.1) is 0 Å². The number of hydrogen-bond acceptors (Lipinski definition) is 7. The maximum Gasteiger partial charge on any atom is 0.270 e. The van der Waals surface area contributed by atoms with Gasteiger partial charge in [0.05, 0.1) is 16.4 Å². The first-order chi connectivity index (χ1) is 12.7. The van der Waals surface area contributed by atoms with E-state index in [4.69, 9.17) is 0 Å². The van der Waals surface area contributed by atoms with Gasteiger partial charge in [-0.05, 0) is 12.1 Å². The van der Waals surface area contributed by atoms with E-state index in [0.717, 1.165) is 25.9 Å². The smallest absolute Gasteiger partial charge is 0.270 e. The summed E-state index contributed by atoms with van der Waals surface area (Å²) in [6, 6.07) is 8.00. The third kappa shape index (κ3) is 3.58. The molecule has 0 saturated carbocycles. The molecule has 0 spiro atoms. The summed E-state index contributed by atoms with van der Waals surface area (Å²) in [6.45, 7) is 1.10.